The average molecular weight is 779 g/mol. The molecule has 0 unspecified atom stereocenters. The van der Waals surface area contributed by atoms with Gasteiger partial charge in [-0.05, 0) is 51.9 Å². The normalized spacial score (nSPS) is 19.3. The van der Waals surface area contributed by atoms with Gasteiger partial charge in [-0.15, -0.1) is 6.58 Å². The molecule has 6 aromatic carbocycles. The molecule has 1 aliphatic heterocycles. The quantitative estimate of drug-likeness (QED) is 0.0626. The third kappa shape index (κ3) is 9.92. The highest BCUT2D eigenvalue weighted by molar-refractivity contribution is 5.47. The minimum absolute atomic E-state index is 0.0487. The molecule has 0 bridgehead atoms. The van der Waals surface area contributed by atoms with Gasteiger partial charge in [-0.2, -0.15) is 0 Å². The standard InChI is InChI=1S/C50H50O8/c1-2-31-53-48-46(51)45(36-57-50(40-22-12-5-13-23-40,41-24-14-6-15-25-41)42-26-16-7-17-27-42)58-49(47(48)52)54-32-30-37-28-29-43(55-34-38-18-8-3-9-19-38)44(33-37)56-35-39-20-10-4-11-21-39/h2-29,33,45-49,51-52H,1,30-32,34-36H2/t45-,46-,47-,48+,49-/m1/s1. The van der Waals surface area contributed by atoms with E-state index in [1.165, 1.54) is 0 Å². The van der Waals surface area contributed by atoms with Crippen molar-refractivity contribution in [3.8, 4) is 11.5 Å². The molecule has 58 heavy (non-hydrogen) atoms. The Kier molecular flexibility index (Phi) is 14.2. The molecule has 0 saturated carbocycles. The zero-order valence-electron chi connectivity index (χ0n) is 32.4. The van der Waals surface area contributed by atoms with Crippen LogP contribution in [0.2, 0.25) is 0 Å². The van der Waals surface area contributed by atoms with E-state index in [2.05, 4.69) is 6.58 Å². The van der Waals surface area contributed by atoms with Crippen LogP contribution in [0.3, 0.4) is 0 Å². The van der Waals surface area contributed by atoms with Crippen molar-refractivity contribution >= 4 is 0 Å². The van der Waals surface area contributed by atoms with E-state index < -0.39 is 36.3 Å². The monoisotopic (exact) mass is 778 g/mol. The molecular formula is C50H50O8. The van der Waals surface area contributed by atoms with Gasteiger partial charge in [0.05, 0.1) is 19.8 Å². The number of aliphatic hydroxyl groups excluding tert-OH is 2. The summed E-state index contributed by atoms with van der Waals surface area (Å²) in [4.78, 5) is 0. The maximum atomic E-state index is 11.7. The van der Waals surface area contributed by atoms with Gasteiger partial charge in [0.1, 0.15) is 43.2 Å². The van der Waals surface area contributed by atoms with Crippen molar-refractivity contribution in [3.05, 3.63) is 216 Å². The minimum atomic E-state index is -1.29. The largest absolute Gasteiger partial charge is 0.485 e. The van der Waals surface area contributed by atoms with Crippen LogP contribution >= 0.6 is 0 Å². The fourth-order valence-electron chi connectivity index (χ4n) is 7.23. The fraction of sp³-hybridized carbons (Fsp3) is 0.240. The molecule has 0 aliphatic carbocycles. The number of aliphatic hydroxyl groups is 2. The van der Waals surface area contributed by atoms with E-state index in [4.69, 9.17) is 28.4 Å². The Bertz CT molecular complexity index is 2020. The maximum Gasteiger partial charge on any atom is 0.186 e. The molecule has 7 rings (SSSR count). The first kappa shape index (κ1) is 40.6. The molecule has 2 N–H and O–H groups in total. The summed E-state index contributed by atoms with van der Waals surface area (Å²) in [6.45, 7) is 4.81. The highest BCUT2D eigenvalue weighted by Gasteiger charge is 2.47. The lowest BCUT2D eigenvalue weighted by Crippen LogP contribution is -2.60. The van der Waals surface area contributed by atoms with E-state index in [0.717, 1.165) is 33.4 Å². The Morgan fingerprint density at radius 3 is 1.59 bits per heavy atom. The van der Waals surface area contributed by atoms with Crippen molar-refractivity contribution in [2.75, 3.05) is 19.8 Å². The van der Waals surface area contributed by atoms with E-state index in [9.17, 15) is 10.2 Å². The Hall–Kier alpha value is -5.58. The van der Waals surface area contributed by atoms with Crippen LogP contribution in [0.15, 0.2) is 183 Å². The molecule has 0 amide bonds. The van der Waals surface area contributed by atoms with Crippen LogP contribution in [0.25, 0.3) is 0 Å². The van der Waals surface area contributed by atoms with Gasteiger partial charge in [0.25, 0.3) is 0 Å². The summed E-state index contributed by atoms with van der Waals surface area (Å²) in [5.74, 6) is 1.25. The predicted octanol–water partition coefficient (Wildman–Crippen LogP) is 8.43. The molecule has 0 radical (unpaired) electrons. The fourth-order valence-corrected chi connectivity index (χ4v) is 7.23. The zero-order chi connectivity index (χ0) is 40.0. The average Bonchev–Trinajstić information content (AvgIpc) is 3.28. The summed E-state index contributed by atoms with van der Waals surface area (Å²) in [6.07, 6.45) is -3.52. The van der Waals surface area contributed by atoms with Gasteiger partial charge >= 0.3 is 0 Å². The van der Waals surface area contributed by atoms with Gasteiger partial charge in [0.2, 0.25) is 0 Å². The summed E-state index contributed by atoms with van der Waals surface area (Å²) in [5, 5.41) is 23.1. The van der Waals surface area contributed by atoms with Crippen LogP contribution in [0.1, 0.15) is 33.4 Å². The number of rotatable bonds is 19. The second-order valence-electron chi connectivity index (χ2n) is 14.2. The van der Waals surface area contributed by atoms with Gasteiger partial charge in [0.15, 0.2) is 17.8 Å². The number of hydrogen-bond donors (Lipinski definition) is 2. The first-order chi connectivity index (χ1) is 28.5. The molecule has 298 valence electrons. The Morgan fingerprint density at radius 2 is 1.07 bits per heavy atom. The van der Waals surface area contributed by atoms with Crippen LogP contribution in [0.4, 0.5) is 0 Å². The molecule has 0 aromatic heterocycles. The Morgan fingerprint density at radius 1 is 0.569 bits per heavy atom. The molecule has 8 nitrogen and oxygen atoms in total. The summed E-state index contributed by atoms with van der Waals surface area (Å²) < 4.78 is 38.1. The third-order valence-electron chi connectivity index (χ3n) is 10.2. The van der Waals surface area contributed by atoms with Crippen LogP contribution in [0, 0.1) is 0 Å². The first-order valence-corrected chi connectivity index (χ1v) is 19.7. The van der Waals surface area contributed by atoms with E-state index in [1.807, 2.05) is 170 Å². The smallest absolute Gasteiger partial charge is 0.186 e. The van der Waals surface area contributed by atoms with Crippen LogP contribution < -0.4 is 9.47 Å². The van der Waals surface area contributed by atoms with Crippen molar-refractivity contribution in [1.82, 2.24) is 0 Å². The van der Waals surface area contributed by atoms with Crippen molar-refractivity contribution in [2.24, 2.45) is 0 Å². The molecule has 8 heteroatoms. The lowest BCUT2D eigenvalue weighted by Gasteiger charge is -2.44. The lowest BCUT2D eigenvalue weighted by atomic mass is 9.80. The Balaban J connectivity index is 1.09. The van der Waals surface area contributed by atoms with Crippen LogP contribution in [-0.4, -0.2) is 60.7 Å². The van der Waals surface area contributed by atoms with E-state index >= 15 is 0 Å². The second kappa shape index (κ2) is 20.2. The first-order valence-electron chi connectivity index (χ1n) is 19.7. The molecule has 1 fully saturated rings. The van der Waals surface area contributed by atoms with E-state index in [0.29, 0.717) is 31.1 Å². The highest BCUT2D eigenvalue weighted by atomic mass is 16.7. The van der Waals surface area contributed by atoms with Gasteiger partial charge in [-0.1, -0.05) is 164 Å². The van der Waals surface area contributed by atoms with Crippen molar-refractivity contribution in [3.63, 3.8) is 0 Å². The van der Waals surface area contributed by atoms with Crippen molar-refractivity contribution in [1.29, 1.82) is 0 Å². The lowest BCUT2D eigenvalue weighted by molar-refractivity contribution is -0.310. The third-order valence-corrected chi connectivity index (χ3v) is 10.2. The summed E-state index contributed by atoms with van der Waals surface area (Å²) in [6, 6.07) is 55.8. The second-order valence-corrected chi connectivity index (χ2v) is 14.2. The molecule has 1 saturated heterocycles. The molecule has 0 spiro atoms. The number of hydrogen-bond acceptors (Lipinski definition) is 8. The number of ether oxygens (including phenoxy) is 6. The van der Waals surface area contributed by atoms with Gasteiger partial charge < -0.3 is 38.6 Å². The molecular weight excluding hydrogens is 729 g/mol. The van der Waals surface area contributed by atoms with Crippen molar-refractivity contribution in [2.45, 2.75) is 55.9 Å². The predicted molar refractivity (Wildman–Crippen MR) is 223 cm³/mol. The topological polar surface area (TPSA) is 95.8 Å². The summed E-state index contributed by atoms with van der Waals surface area (Å²) in [5.41, 5.74) is 4.72. The van der Waals surface area contributed by atoms with Gasteiger partial charge in [0, 0.05) is 0 Å². The minimum Gasteiger partial charge on any atom is -0.485 e. The SMILES string of the molecule is C=CCO[C@@H]1[C@@H](O)[C@H](OCCc2ccc(OCc3ccccc3)c(OCc3ccccc3)c2)O[C@H](COC(c2ccccc2)(c2ccccc2)c2ccccc2)[C@H]1O. The highest BCUT2D eigenvalue weighted by Crippen LogP contribution is 2.41. The Labute approximate surface area is 340 Å². The molecule has 1 aliphatic rings. The maximum absolute atomic E-state index is 11.7. The summed E-state index contributed by atoms with van der Waals surface area (Å²) in [7, 11) is 0. The molecule has 5 atom stereocenters. The summed E-state index contributed by atoms with van der Waals surface area (Å²) >= 11 is 0. The van der Waals surface area contributed by atoms with Gasteiger partial charge in [-0.3, -0.25) is 0 Å². The van der Waals surface area contributed by atoms with Crippen molar-refractivity contribution < 1.29 is 38.6 Å². The molecule has 1 heterocycles. The number of benzene rings is 6. The van der Waals surface area contributed by atoms with Gasteiger partial charge in [-0.25, -0.2) is 0 Å². The van der Waals surface area contributed by atoms with E-state index in [-0.39, 0.29) is 19.8 Å². The molecule has 6 aromatic rings. The van der Waals surface area contributed by atoms with Crippen LogP contribution in [-0.2, 0) is 44.2 Å². The zero-order valence-corrected chi connectivity index (χ0v) is 32.4. The van der Waals surface area contributed by atoms with Crippen LogP contribution in [0.5, 0.6) is 11.5 Å². The van der Waals surface area contributed by atoms with E-state index in [1.54, 1.807) is 6.08 Å².